The predicted octanol–water partition coefficient (Wildman–Crippen LogP) is 3.00. The van der Waals surface area contributed by atoms with Crippen molar-refractivity contribution in [2.45, 2.75) is 59.4 Å². The van der Waals surface area contributed by atoms with Crippen molar-refractivity contribution in [3.63, 3.8) is 0 Å². The molecule has 0 radical (unpaired) electrons. The van der Waals surface area contributed by atoms with E-state index in [1.165, 1.54) is 12.8 Å². The van der Waals surface area contributed by atoms with Crippen LogP contribution in [0.25, 0.3) is 0 Å². The van der Waals surface area contributed by atoms with Gasteiger partial charge in [-0.2, -0.15) is 0 Å². The van der Waals surface area contributed by atoms with Crippen molar-refractivity contribution in [3.8, 4) is 0 Å². The van der Waals surface area contributed by atoms with Crippen molar-refractivity contribution in [1.82, 2.24) is 4.90 Å². The molecule has 3 atom stereocenters. The summed E-state index contributed by atoms with van der Waals surface area (Å²) >= 11 is 0. The van der Waals surface area contributed by atoms with Crippen molar-refractivity contribution in [1.29, 1.82) is 0 Å². The smallest absolute Gasteiger partial charge is 0.310 e. The summed E-state index contributed by atoms with van der Waals surface area (Å²) in [5.41, 5.74) is -0.0583. The number of hydrogen-bond donors (Lipinski definition) is 1. The molecule has 0 bridgehead atoms. The summed E-state index contributed by atoms with van der Waals surface area (Å²) in [5.74, 6) is 0.0962. The second-order valence-electron chi connectivity index (χ2n) is 7.28. The van der Waals surface area contributed by atoms with Crippen LogP contribution in [0.2, 0.25) is 0 Å². The predicted molar refractivity (Wildman–Crippen MR) is 72.5 cm³/mol. The number of aliphatic carboxylic acids is 1. The molecule has 1 saturated heterocycles. The lowest BCUT2D eigenvalue weighted by Gasteiger charge is -2.30. The van der Waals surface area contributed by atoms with E-state index in [-0.39, 0.29) is 0 Å². The summed E-state index contributed by atoms with van der Waals surface area (Å²) < 4.78 is 0. The molecular weight excluding hydrogens is 226 g/mol. The molecule has 3 heteroatoms. The number of likely N-dealkylation sites (tertiary alicyclic amines) is 1. The molecule has 1 saturated carbocycles. The summed E-state index contributed by atoms with van der Waals surface area (Å²) in [7, 11) is 0. The van der Waals surface area contributed by atoms with E-state index in [1.807, 2.05) is 6.92 Å². The summed E-state index contributed by atoms with van der Waals surface area (Å²) in [5, 5.41) is 9.47. The van der Waals surface area contributed by atoms with E-state index in [2.05, 4.69) is 25.7 Å². The monoisotopic (exact) mass is 253 g/mol. The van der Waals surface area contributed by atoms with Crippen LogP contribution in [0.15, 0.2) is 0 Å². The zero-order valence-electron chi connectivity index (χ0n) is 12.2. The number of carbonyl (C=O) groups is 1. The third-order valence-electron chi connectivity index (χ3n) is 5.28. The van der Waals surface area contributed by atoms with Gasteiger partial charge < -0.3 is 5.11 Å². The number of carboxylic acid groups (broad SMARTS) is 1. The van der Waals surface area contributed by atoms with Gasteiger partial charge in [-0.15, -0.1) is 0 Å². The van der Waals surface area contributed by atoms with Crippen molar-refractivity contribution in [3.05, 3.63) is 0 Å². The quantitative estimate of drug-likeness (QED) is 0.840. The molecular formula is C15H27NO2. The molecule has 1 aliphatic carbocycles. The first-order chi connectivity index (χ1) is 8.30. The van der Waals surface area contributed by atoms with E-state index in [4.69, 9.17) is 0 Å². The van der Waals surface area contributed by atoms with Crippen molar-refractivity contribution in [2.75, 3.05) is 13.1 Å². The van der Waals surface area contributed by atoms with Crippen LogP contribution in [-0.4, -0.2) is 35.1 Å². The Morgan fingerprint density at radius 3 is 2.44 bits per heavy atom. The first kappa shape index (κ1) is 13.9. The molecule has 0 aromatic rings. The minimum Gasteiger partial charge on any atom is -0.481 e. The van der Waals surface area contributed by atoms with E-state index < -0.39 is 11.4 Å². The highest BCUT2D eigenvalue weighted by Gasteiger charge is 2.48. The maximum Gasteiger partial charge on any atom is 0.310 e. The van der Waals surface area contributed by atoms with Crippen molar-refractivity contribution >= 4 is 5.97 Å². The number of nitrogens with zero attached hydrogens (tertiary/aromatic N) is 1. The molecule has 0 aromatic carbocycles. The fourth-order valence-electron chi connectivity index (χ4n) is 4.15. The Bertz CT molecular complexity index is 339. The Kier molecular flexibility index (Phi) is 3.48. The molecule has 3 nitrogen and oxygen atoms in total. The molecule has 1 heterocycles. The van der Waals surface area contributed by atoms with Gasteiger partial charge >= 0.3 is 5.97 Å². The van der Waals surface area contributed by atoms with Gasteiger partial charge in [-0.1, -0.05) is 27.7 Å². The van der Waals surface area contributed by atoms with Crippen LogP contribution in [-0.2, 0) is 4.79 Å². The van der Waals surface area contributed by atoms with Crippen molar-refractivity contribution in [2.24, 2.45) is 16.7 Å². The SMILES string of the molecule is CCC1(C(=O)O)CCN(C2CC(C)(C)CC2C)C1. The number of hydrogen-bond acceptors (Lipinski definition) is 2. The third-order valence-corrected chi connectivity index (χ3v) is 5.28. The van der Waals surface area contributed by atoms with Crippen LogP contribution in [0.3, 0.4) is 0 Å². The minimum atomic E-state index is -0.600. The molecule has 2 aliphatic rings. The van der Waals surface area contributed by atoms with Gasteiger partial charge in [-0.3, -0.25) is 9.69 Å². The average molecular weight is 253 g/mol. The zero-order chi connectivity index (χ0) is 13.6. The second kappa shape index (κ2) is 4.52. The normalized spacial score (nSPS) is 40.2. The Morgan fingerprint density at radius 1 is 1.39 bits per heavy atom. The summed E-state index contributed by atoms with van der Waals surface area (Å²) in [6, 6.07) is 0.591. The Labute approximate surface area is 111 Å². The fraction of sp³-hybridized carbons (Fsp3) is 0.933. The Balaban J connectivity index is 2.07. The third kappa shape index (κ3) is 2.29. The van der Waals surface area contributed by atoms with E-state index >= 15 is 0 Å². The lowest BCUT2D eigenvalue weighted by molar-refractivity contribution is -0.148. The van der Waals surface area contributed by atoms with Crippen LogP contribution >= 0.6 is 0 Å². The number of rotatable bonds is 3. The Hall–Kier alpha value is -0.570. The fourth-order valence-corrected chi connectivity index (χ4v) is 4.15. The van der Waals surface area contributed by atoms with Crippen LogP contribution in [0.4, 0.5) is 0 Å². The van der Waals surface area contributed by atoms with Gasteiger partial charge in [0.25, 0.3) is 0 Å². The molecule has 2 fully saturated rings. The minimum absolute atomic E-state index is 0.421. The van der Waals surface area contributed by atoms with E-state index in [0.717, 1.165) is 25.9 Å². The van der Waals surface area contributed by atoms with Gasteiger partial charge in [-0.05, 0) is 43.6 Å². The molecule has 3 unspecified atom stereocenters. The summed E-state index contributed by atoms with van der Waals surface area (Å²) in [6.07, 6.45) is 4.06. The molecule has 2 rings (SSSR count). The average Bonchev–Trinajstić information content (AvgIpc) is 2.80. The second-order valence-corrected chi connectivity index (χ2v) is 7.28. The van der Waals surface area contributed by atoms with Gasteiger partial charge in [0.15, 0.2) is 0 Å². The molecule has 0 amide bonds. The van der Waals surface area contributed by atoms with E-state index in [1.54, 1.807) is 0 Å². The lowest BCUT2D eigenvalue weighted by atomic mass is 9.84. The largest absolute Gasteiger partial charge is 0.481 e. The van der Waals surface area contributed by atoms with Crippen LogP contribution in [0.5, 0.6) is 0 Å². The molecule has 1 N–H and O–H groups in total. The molecule has 0 spiro atoms. The maximum atomic E-state index is 11.5. The highest BCUT2D eigenvalue weighted by Crippen LogP contribution is 2.46. The van der Waals surface area contributed by atoms with Crippen molar-refractivity contribution < 1.29 is 9.90 Å². The number of carboxylic acids is 1. The first-order valence-electron chi connectivity index (χ1n) is 7.27. The standard InChI is InChI=1S/C15H27NO2/c1-5-15(13(17)18)6-7-16(10-15)12-9-14(3,4)8-11(12)2/h11-12H,5-10H2,1-4H3,(H,17,18). The van der Waals surface area contributed by atoms with Crippen LogP contribution < -0.4 is 0 Å². The lowest BCUT2D eigenvalue weighted by Crippen LogP contribution is -2.40. The zero-order valence-corrected chi connectivity index (χ0v) is 12.2. The highest BCUT2D eigenvalue weighted by molar-refractivity contribution is 5.75. The van der Waals surface area contributed by atoms with E-state index in [9.17, 15) is 9.90 Å². The molecule has 104 valence electrons. The highest BCUT2D eigenvalue weighted by atomic mass is 16.4. The molecule has 18 heavy (non-hydrogen) atoms. The van der Waals surface area contributed by atoms with Gasteiger partial charge in [0.2, 0.25) is 0 Å². The van der Waals surface area contributed by atoms with Gasteiger partial charge in [0.05, 0.1) is 5.41 Å². The topological polar surface area (TPSA) is 40.5 Å². The van der Waals surface area contributed by atoms with Crippen LogP contribution in [0, 0.1) is 16.7 Å². The Morgan fingerprint density at radius 2 is 2.06 bits per heavy atom. The summed E-state index contributed by atoms with van der Waals surface area (Å²) in [6.45, 7) is 10.7. The maximum absolute atomic E-state index is 11.5. The van der Waals surface area contributed by atoms with Gasteiger partial charge in [0, 0.05) is 12.6 Å². The molecule has 0 aromatic heterocycles. The summed E-state index contributed by atoms with van der Waals surface area (Å²) in [4.78, 5) is 14.0. The van der Waals surface area contributed by atoms with E-state index in [0.29, 0.717) is 17.4 Å². The van der Waals surface area contributed by atoms with Gasteiger partial charge in [-0.25, -0.2) is 0 Å². The first-order valence-corrected chi connectivity index (χ1v) is 7.27. The van der Waals surface area contributed by atoms with Gasteiger partial charge in [0.1, 0.15) is 0 Å². The van der Waals surface area contributed by atoms with Crippen LogP contribution in [0.1, 0.15) is 53.4 Å². The molecule has 1 aliphatic heterocycles.